The quantitative estimate of drug-likeness (QED) is 0.239. The number of Topliss-reactive ketones (excluding diaryl/α,β-unsaturated/α-hetero) is 1. The van der Waals surface area contributed by atoms with Crippen molar-refractivity contribution in [3.63, 3.8) is 0 Å². The van der Waals surface area contributed by atoms with Crippen LogP contribution in [-0.4, -0.2) is 50.2 Å². The van der Waals surface area contributed by atoms with Crippen molar-refractivity contribution in [2.45, 2.75) is 145 Å². The Kier molecular flexibility index (Phi) is 9.83. The Hall–Kier alpha value is -3.84. The number of rotatable bonds is 9. The van der Waals surface area contributed by atoms with Crippen molar-refractivity contribution in [1.82, 2.24) is 14.8 Å². The summed E-state index contributed by atoms with van der Waals surface area (Å²) in [6, 6.07) is 9.65. The van der Waals surface area contributed by atoms with Crippen molar-refractivity contribution in [3.8, 4) is 17.5 Å². The third-order valence-corrected chi connectivity index (χ3v) is 16.6. The summed E-state index contributed by atoms with van der Waals surface area (Å²) in [5.41, 5.74) is 8.09. The molecular formula is C46H63N5O5. The van der Waals surface area contributed by atoms with Gasteiger partial charge in [-0.3, -0.25) is 14.4 Å². The zero-order valence-electron chi connectivity index (χ0n) is 35.1. The van der Waals surface area contributed by atoms with E-state index in [1.165, 1.54) is 5.57 Å². The number of nitriles is 1. The lowest BCUT2D eigenvalue weighted by Gasteiger charge is -2.72. The van der Waals surface area contributed by atoms with Gasteiger partial charge in [0.1, 0.15) is 11.9 Å². The largest absolute Gasteiger partial charge is 0.481 e. The van der Waals surface area contributed by atoms with E-state index in [1.807, 2.05) is 12.1 Å². The van der Waals surface area contributed by atoms with Gasteiger partial charge in [-0.2, -0.15) is 5.26 Å². The number of nitrogens with zero attached hydrogens (tertiary/aromatic N) is 4. The van der Waals surface area contributed by atoms with Gasteiger partial charge in [-0.1, -0.05) is 48.5 Å². The van der Waals surface area contributed by atoms with Crippen molar-refractivity contribution in [2.24, 2.45) is 56.5 Å². The van der Waals surface area contributed by atoms with Gasteiger partial charge in [0.05, 0.1) is 28.9 Å². The molecule has 1 heterocycles. The summed E-state index contributed by atoms with van der Waals surface area (Å²) in [4.78, 5) is 39.4. The van der Waals surface area contributed by atoms with E-state index in [4.69, 9.17) is 20.7 Å². The monoisotopic (exact) mass is 765 g/mol. The predicted molar refractivity (Wildman–Crippen MR) is 214 cm³/mol. The molecule has 1 aromatic carbocycles. The summed E-state index contributed by atoms with van der Waals surface area (Å²) in [5.74, 6) is 1.53. The maximum Gasteiger partial charge on any atom is 0.309 e. The fourth-order valence-corrected chi connectivity index (χ4v) is 13.6. The summed E-state index contributed by atoms with van der Waals surface area (Å²) in [5, 5.41) is 28.8. The molecular weight excluding hydrogens is 703 g/mol. The molecule has 302 valence electrons. The lowest BCUT2D eigenvalue weighted by molar-refractivity contribution is -0.232. The van der Waals surface area contributed by atoms with Crippen LogP contribution in [0, 0.1) is 62.1 Å². The van der Waals surface area contributed by atoms with Crippen LogP contribution in [0.15, 0.2) is 35.4 Å². The zero-order chi connectivity index (χ0) is 40.8. The minimum absolute atomic E-state index is 0.0255. The molecule has 56 heavy (non-hydrogen) atoms. The first-order chi connectivity index (χ1) is 26.2. The number of fused-ring (bicyclic) bond motifs is 7. The van der Waals surface area contributed by atoms with E-state index in [1.54, 1.807) is 26.0 Å². The molecule has 5 aliphatic rings. The Morgan fingerprint density at radius 2 is 1.68 bits per heavy atom. The van der Waals surface area contributed by atoms with Crippen LogP contribution in [0.1, 0.15) is 138 Å². The van der Waals surface area contributed by atoms with E-state index in [0.29, 0.717) is 36.9 Å². The molecule has 0 amide bonds. The number of carbonyl (C=O) groups excluding carboxylic acids is 2. The molecule has 0 bridgehead atoms. The number of aromatic nitrogens is 3. The van der Waals surface area contributed by atoms with E-state index in [2.05, 4.69) is 59.1 Å². The second-order valence-corrected chi connectivity index (χ2v) is 20.5. The van der Waals surface area contributed by atoms with Gasteiger partial charge in [-0.25, -0.2) is 0 Å². The Bertz CT molecular complexity index is 2000. The number of nitrogens with two attached hydrogens (primary N) is 1. The highest BCUT2D eigenvalue weighted by atomic mass is 16.5. The first-order valence-electron chi connectivity index (χ1n) is 21.1. The zero-order valence-corrected chi connectivity index (χ0v) is 35.1. The molecule has 4 fully saturated rings. The van der Waals surface area contributed by atoms with Crippen LogP contribution in [0.3, 0.4) is 0 Å². The fourth-order valence-electron chi connectivity index (χ4n) is 13.6. The number of benzene rings is 1. The molecule has 7 rings (SSSR count). The van der Waals surface area contributed by atoms with Crippen LogP contribution in [0.25, 0.3) is 11.4 Å². The third-order valence-electron chi connectivity index (χ3n) is 16.6. The number of carbonyl (C=O) groups is 3. The van der Waals surface area contributed by atoms with Gasteiger partial charge in [0.2, 0.25) is 0 Å². The third kappa shape index (κ3) is 5.75. The van der Waals surface area contributed by atoms with Crippen molar-refractivity contribution < 1.29 is 24.2 Å². The second-order valence-electron chi connectivity index (χ2n) is 20.5. The Morgan fingerprint density at radius 3 is 2.30 bits per heavy atom. The normalized spacial score (nSPS) is 34.9. The number of ketones is 1. The topological polar surface area (TPSA) is 161 Å². The second kappa shape index (κ2) is 13.6. The van der Waals surface area contributed by atoms with Crippen LogP contribution in [0.2, 0.25) is 0 Å². The summed E-state index contributed by atoms with van der Waals surface area (Å²) in [6.07, 6.45) is 7.74. The Balaban J connectivity index is 1.24. The van der Waals surface area contributed by atoms with Gasteiger partial charge >= 0.3 is 11.9 Å². The Labute approximate surface area is 333 Å². The minimum atomic E-state index is -1.18. The van der Waals surface area contributed by atoms with Gasteiger partial charge < -0.3 is 20.1 Å². The molecule has 4 saturated carbocycles. The van der Waals surface area contributed by atoms with Crippen LogP contribution >= 0.6 is 0 Å². The molecule has 3 N–H and O–H groups in total. The average Bonchev–Trinajstić information content (AvgIpc) is 3.68. The lowest BCUT2D eigenvalue weighted by atomic mass is 9.33. The van der Waals surface area contributed by atoms with Gasteiger partial charge in [0, 0.05) is 30.5 Å². The van der Waals surface area contributed by atoms with E-state index in [0.717, 1.165) is 74.2 Å². The number of aliphatic carboxylic acids is 1. The molecule has 0 unspecified atom stereocenters. The highest BCUT2D eigenvalue weighted by Gasteiger charge is 2.71. The fraction of sp³-hybridized carbons (Fsp3) is 0.696. The van der Waals surface area contributed by atoms with Crippen molar-refractivity contribution >= 4 is 17.7 Å². The SMILES string of the molecule is CC(C)C1=C2[C@H]3CC[C@@H]4[C@@]5(C)CC[C@H](OC(=O)CC(C)(C)C(=O)O)C(C)(C)[C@@H]5CC[C@@]4(C)[C@]3(C)CC[C@@]2(c2nnc(-c3ccc(C#N)cc3)n2CCN)CC1=O. The highest BCUT2D eigenvalue weighted by Crippen LogP contribution is 2.76. The molecule has 0 aliphatic heterocycles. The van der Waals surface area contributed by atoms with Gasteiger partial charge in [0.15, 0.2) is 11.6 Å². The molecule has 10 nitrogen and oxygen atoms in total. The minimum Gasteiger partial charge on any atom is -0.481 e. The smallest absolute Gasteiger partial charge is 0.309 e. The number of carboxylic acids is 1. The summed E-state index contributed by atoms with van der Waals surface area (Å²) in [7, 11) is 0. The number of esters is 1. The first-order valence-corrected chi connectivity index (χ1v) is 21.1. The lowest BCUT2D eigenvalue weighted by Crippen LogP contribution is -2.66. The Morgan fingerprint density at radius 1 is 0.982 bits per heavy atom. The van der Waals surface area contributed by atoms with E-state index >= 15 is 0 Å². The maximum absolute atomic E-state index is 14.4. The summed E-state index contributed by atoms with van der Waals surface area (Å²) < 4.78 is 8.35. The van der Waals surface area contributed by atoms with Crippen LogP contribution in [0.5, 0.6) is 0 Å². The number of ether oxygens (including phenoxy) is 1. The van der Waals surface area contributed by atoms with Crippen LogP contribution < -0.4 is 5.73 Å². The molecule has 8 atom stereocenters. The molecule has 0 spiro atoms. The summed E-state index contributed by atoms with van der Waals surface area (Å²) in [6.45, 7) is 20.6. The van der Waals surface area contributed by atoms with E-state index < -0.39 is 22.8 Å². The van der Waals surface area contributed by atoms with Gasteiger partial charge in [-0.15, -0.1) is 10.2 Å². The summed E-state index contributed by atoms with van der Waals surface area (Å²) >= 11 is 0. The molecule has 0 radical (unpaired) electrons. The molecule has 10 heteroatoms. The average molecular weight is 766 g/mol. The van der Waals surface area contributed by atoms with Crippen molar-refractivity contribution in [1.29, 1.82) is 5.26 Å². The molecule has 2 aromatic rings. The van der Waals surface area contributed by atoms with Gasteiger partial charge in [0.25, 0.3) is 0 Å². The molecule has 1 aromatic heterocycles. The van der Waals surface area contributed by atoms with Crippen LogP contribution in [0.4, 0.5) is 0 Å². The number of hydrogen-bond acceptors (Lipinski definition) is 8. The van der Waals surface area contributed by atoms with Crippen LogP contribution in [-0.2, 0) is 31.1 Å². The number of allylic oxidation sites excluding steroid dienone is 2. The predicted octanol–water partition coefficient (Wildman–Crippen LogP) is 8.42. The van der Waals surface area contributed by atoms with Crippen molar-refractivity contribution in [3.05, 3.63) is 46.8 Å². The van der Waals surface area contributed by atoms with E-state index in [9.17, 15) is 24.8 Å². The maximum atomic E-state index is 14.4. The molecule has 0 saturated heterocycles. The number of hydrogen-bond donors (Lipinski definition) is 2. The van der Waals surface area contributed by atoms with Gasteiger partial charge in [-0.05, 0) is 141 Å². The van der Waals surface area contributed by atoms with Crippen molar-refractivity contribution in [2.75, 3.05) is 6.54 Å². The van der Waals surface area contributed by atoms with E-state index in [-0.39, 0.29) is 51.8 Å². The molecule has 5 aliphatic carbocycles. The standard InChI is InChI=1S/C46H63N5O5/c1-27(2)36-31(52)24-46(39-50-49-38(51(39)23-22-47)29-12-10-28(26-48)11-13-29)21-20-44(8)30(37(36)46)14-15-33-43(7)18-17-34(56-35(53)25-41(3,4)40(54)55)42(5,6)32(43)16-19-45(33,44)9/h10-13,27,30,32-34H,14-25,47H2,1-9H3,(H,54,55)/t30-,32+,33-,34+,43+,44-,45-,46-/m1/s1. The first kappa shape index (κ1) is 40.4. The number of carboxylic acid groups (broad SMARTS) is 1. The highest BCUT2D eigenvalue weighted by molar-refractivity contribution is 6.01.